The van der Waals surface area contributed by atoms with Crippen LogP contribution in [0.3, 0.4) is 0 Å². The number of amides is 1. The van der Waals surface area contributed by atoms with Gasteiger partial charge < -0.3 is 10.4 Å². The molecule has 3 atom stereocenters. The SMILES string of the molecule is C[C@H]1[C@H]2Cc3ccc(C(=O)NCCc4ccc(-c5cccc(O)c5)cc4)cc3[C@]1(C)CCN2CC1CC1. The van der Waals surface area contributed by atoms with E-state index >= 15 is 0 Å². The van der Waals surface area contributed by atoms with Crippen molar-refractivity contribution < 1.29 is 9.90 Å². The molecule has 1 amide bonds. The van der Waals surface area contributed by atoms with Crippen LogP contribution in [0.2, 0.25) is 0 Å². The average Bonchev–Trinajstić information content (AvgIpc) is 3.72. The number of benzene rings is 3. The maximum atomic E-state index is 13.1. The lowest BCUT2D eigenvalue weighted by molar-refractivity contribution is 0.0284. The zero-order valence-electron chi connectivity index (χ0n) is 22.0. The van der Waals surface area contributed by atoms with Crippen LogP contribution < -0.4 is 5.32 Å². The van der Waals surface area contributed by atoms with E-state index in [1.54, 1.807) is 12.1 Å². The number of phenols is 1. The lowest BCUT2D eigenvalue weighted by Crippen LogP contribution is -2.58. The molecule has 192 valence electrons. The Kier molecular flexibility index (Phi) is 6.32. The minimum atomic E-state index is 0.0173. The highest BCUT2D eigenvalue weighted by molar-refractivity contribution is 5.94. The van der Waals surface area contributed by atoms with Crippen molar-refractivity contribution in [3.8, 4) is 16.9 Å². The normalized spacial score (nSPS) is 24.9. The molecule has 1 saturated carbocycles. The van der Waals surface area contributed by atoms with Crippen molar-refractivity contribution >= 4 is 5.91 Å². The summed E-state index contributed by atoms with van der Waals surface area (Å²) < 4.78 is 0. The number of phenolic OH excluding ortho intramolecular Hbond substituents is 1. The maximum Gasteiger partial charge on any atom is 0.251 e. The van der Waals surface area contributed by atoms with Crippen LogP contribution in [-0.2, 0) is 18.3 Å². The van der Waals surface area contributed by atoms with Gasteiger partial charge in [-0.2, -0.15) is 0 Å². The molecule has 3 aromatic carbocycles. The van der Waals surface area contributed by atoms with Gasteiger partial charge in [-0.05, 0) is 108 Å². The topological polar surface area (TPSA) is 52.6 Å². The molecule has 2 aliphatic carbocycles. The molecule has 2 N–H and O–H groups in total. The van der Waals surface area contributed by atoms with Gasteiger partial charge in [0, 0.05) is 24.7 Å². The summed E-state index contributed by atoms with van der Waals surface area (Å²) in [6, 6.07) is 22.7. The van der Waals surface area contributed by atoms with E-state index in [9.17, 15) is 9.90 Å². The van der Waals surface area contributed by atoms with Crippen LogP contribution in [0.1, 0.15) is 60.2 Å². The molecule has 4 nitrogen and oxygen atoms in total. The molecule has 1 saturated heterocycles. The number of rotatable bonds is 7. The van der Waals surface area contributed by atoms with Crippen molar-refractivity contribution in [2.24, 2.45) is 11.8 Å². The summed E-state index contributed by atoms with van der Waals surface area (Å²) >= 11 is 0. The summed E-state index contributed by atoms with van der Waals surface area (Å²) in [4.78, 5) is 15.9. The zero-order valence-corrected chi connectivity index (χ0v) is 22.0. The van der Waals surface area contributed by atoms with Gasteiger partial charge in [0.05, 0.1) is 0 Å². The minimum Gasteiger partial charge on any atom is -0.508 e. The molecular formula is C33H38N2O2. The molecule has 6 rings (SSSR count). The lowest BCUT2D eigenvalue weighted by atomic mass is 9.59. The quantitative estimate of drug-likeness (QED) is 0.426. The molecule has 0 radical (unpaired) electrons. The predicted molar refractivity (Wildman–Crippen MR) is 149 cm³/mol. The third-order valence-electron chi connectivity index (χ3n) is 9.41. The molecule has 3 aromatic rings. The Balaban J connectivity index is 1.09. The average molecular weight is 495 g/mol. The van der Waals surface area contributed by atoms with E-state index < -0.39 is 0 Å². The number of hydrogen-bond donors (Lipinski definition) is 2. The fraction of sp³-hybridized carbons (Fsp3) is 0.424. The Morgan fingerprint density at radius 2 is 1.86 bits per heavy atom. The number of carbonyl (C=O) groups excluding carboxylic acids is 1. The van der Waals surface area contributed by atoms with Crippen LogP contribution in [0.25, 0.3) is 11.1 Å². The van der Waals surface area contributed by atoms with E-state index in [4.69, 9.17) is 0 Å². The van der Waals surface area contributed by atoms with Crippen molar-refractivity contribution in [1.82, 2.24) is 10.2 Å². The van der Waals surface area contributed by atoms with Crippen LogP contribution >= 0.6 is 0 Å². The molecule has 1 heterocycles. The van der Waals surface area contributed by atoms with Gasteiger partial charge in [0.15, 0.2) is 0 Å². The molecule has 0 aromatic heterocycles. The monoisotopic (exact) mass is 494 g/mol. The van der Waals surface area contributed by atoms with Gasteiger partial charge in [0.2, 0.25) is 0 Å². The highest BCUT2D eigenvalue weighted by Gasteiger charge is 2.49. The Hall–Kier alpha value is -3.11. The van der Waals surface area contributed by atoms with Gasteiger partial charge in [-0.25, -0.2) is 0 Å². The second kappa shape index (κ2) is 9.64. The third kappa shape index (κ3) is 4.80. The summed E-state index contributed by atoms with van der Waals surface area (Å²) in [5.74, 6) is 1.83. The number of carbonyl (C=O) groups is 1. The maximum absolute atomic E-state index is 13.1. The van der Waals surface area contributed by atoms with Crippen molar-refractivity contribution in [2.45, 2.75) is 57.4 Å². The molecule has 0 unspecified atom stereocenters. The Morgan fingerprint density at radius 3 is 2.62 bits per heavy atom. The van der Waals surface area contributed by atoms with Crippen LogP contribution in [0.15, 0.2) is 66.7 Å². The Morgan fingerprint density at radius 1 is 1.05 bits per heavy atom. The molecule has 3 aliphatic rings. The Labute approximate surface area is 220 Å². The molecule has 1 aliphatic heterocycles. The van der Waals surface area contributed by atoms with Crippen LogP contribution in [0, 0.1) is 11.8 Å². The van der Waals surface area contributed by atoms with Crippen LogP contribution in [-0.4, -0.2) is 41.6 Å². The fourth-order valence-electron chi connectivity index (χ4n) is 6.68. The number of likely N-dealkylation sites (tertiary alicyclic amines) is 1. The molecule has 2 fully saturated rings. The zero-order chi connectivity index (χ0) is 25.6. The second-order valence-electron chi connectivity index (χ2n) is 11.8. The number of piperidine rings is 1. The van der Waals surface area contributed by atoms with Crippen LogP contribution in [0.5, 0.6) is 5.75 Å². The Bertz CT molecular complexity index is 1300. The van der Waals surface area contributed by atoms with E-state index in [1.165, 1.54) is 49.0 Å². The summed E-state index contributed by atoms with van der Waals surface area (Å²) in [6.07, 6.45) is 5.89. The summed E-state index contributed by atoms with van der Waals surface area (Å²) in [7, 11) is 0. The first-order chi connectivity index (χ1) is 17.9. The highest BCUT2D eigenvalue weighted by Crippen LogP contribution is 2.49. The number of nitrogens with one attached hydrogen (secondary N) is 1. The standard InChI is InChI=1S/C33H38N2O2/c1-22-31-20-27-12-13-28(19-30(27)33(22,2)15-17-35(31)21-24-6-7-24)32(37)34-16-14-23-8-10-25(11-9-23)26-4-3-5-29(36)18-26/h3-5,8-13,18-19,22,24,31,36H,6-7,14-17,20-21H2,1-2H3,(H,34,37)/t22-,31+,33+/m0/s1. The number of aromatic hydroxyl groups is 1. The van der Waals surface area contributed by atoms with E-state index in [0.29, 0.717) is 18.5 Å². The third-order valence-corrected chi connectivity index (χ3v) is 9.41. The summed E-state index contributed by atoms with van der Waals surface area (Å²) in [5.41, 5.74) is 7.01. The molecule has 2 bridgehead atoms. The van der Waals surface area contributed by atoms with Crippen molar-refractivity contribution in [3.63, 3.8) is 0 Å². The highest BCUT2D eigenvalue weighted by atomic mass is 16.3. The van der Waals surface area contributed by atoms with E-state index in [1.807, 2.05) is 18.2 Å². The van der Waals surface area contributed by atoms with Gasteiger partial charge in [0.1, 0.15) is 5.75 Å². The van der Waals surface area contributed by atoms with E-state index in [-0.39, 0.29) is 17.1 Å². The molecule has 0 spiro atoms. The van der Waals surface area contributed by atoms with Crippen LogP contribution in [0.4, 0.5) is 0 Å². The van der Waals surface area contributed by atoms with Gasteiger partial charge in [0.25, 0.3) is 5.91 Å². The predicted octanol–water partition coefficient (Wildman–Crippen LogP) is 5.97. The molecule has 37 heavy (non-hydrogen) atoms. The summed E-state index contributed by atoms with van der Waals surface area (Å²) in [5, 5.41) is 12.9. The van der Waals surface area contributed by atoms with Gasteiger partial charge in [-0.1, -0.05) is 56.3 Å². The number of hydrogen-bond acceptors (Lipinski definition) is 3. The smallest absolute Gasteiger partial charge is 0.251 e. The minimum absolute atomic E-state index is 0.0173. The fourth-order valence-corrected chi connectivity index (χ4v) is 6.68. The van der Waals surface area contributed by atoms with Crippen molar-refractivity contribution in [2.75, 3.05) is 19.6 Å². The largest absolute Gasteiger partial charge is 0.508 e. The second-order valence-corrected chi connectivity index (χ2v) is 11.8. The molecule has 4 heteroatoms. The van der Waals surface area contributed by atoms with E-state index in [0.717, 1.165) is 35.4 Å². The first kappa shape index (κ1) is 24.2. The van der Waals surface area contributed by atoms with Gasteiger partial charge >= 0.3 is 0 Å². The number of nitrogens with zero attached hydrogens (tertiary/aromatic N) is 1. The van der Waals surface area contributed by atoms with Crippen molar-refractivity contribution in [3.05, 3.63) is 89.0 Å². The van der Waals surface area contributed by atoms with Crippen molar-refractivity contribution in [1.29, 1.82) is 0 Å². The summed E-state index contributed by atoms with van der Waals surface area (Å²) in [6.45, 7) is 7.93. The number of fused-ring (bicyclic) bond motifs is 4. The first-order valence-electron chi connectivity index (χ1n) is 13.9. The van der Waals surface area contributed by atoms with Gasteiger partial charge in [-0.3, -0.25) is 9.69 Å². The van der Waals surface area contributed by atoms with Gasteiger partial charge in [-0.15, -0.1) is 0 Å². The lowest BCUT2D eigenvalue weighted by Gasteiger charge is -2.55. The van der Waals surface area contributed by atoms with E-state index in [2.05, 4.69) is 60.5 Å². The first-order valence-corrected chi connectivity index (χ1v) is 13.9. The molecular weight excluding hydrogens is 456 g/mol.